The van der Waals surface area contributed by atoms with Gasteiger partial charge in [0.2, 0.25) is 5.91 Å². The summed E-state index contributed by atoms with van der Waals surface area (Å²) in [6.07, 6.45) is 2.92. The first kappa shape index (κ1) is 15.1. The smallest absolute Gasteiger partial charge is 0.228 e. The Bertz CT molecular complexity index is 519. The number of amides is 1. The van der Waals surface area contributed by atoms with Crippen molar-refractivity contribution in [3.05, 3.63) is 23.3 Å². The van der Waals surface area contributed by atoms with Gasteiger partial charge in [0, 0.05) is 6.54 Å². The minimum Gasteiger partial charge on any atom is -0.495 e. The number of fused-ring (bicyclic) bond motifs is 1. The van der Waals surface area contributed by atoms with Crippen LogP contribution in [0.25, 0.3) is 0 Å². The van der Waals surface area contributed by atoms with E-state index in [4.69, 9.17) is 4.74 Å². The molecule has 3 rings (SSSR count). The van der Waals surface area contributed by atoms with Gasteiger partial charge in [0.05, 0.1) is 19.2 Å². The van der Waals surface area contributed by atoms with Gasteiger partial charge in [-0.3, -0.25) is 4.79 Å². The van der Waals surface area contributed by atoms with Crippen LogP contribution in [0.5, 0.6) is 5.75 Å². The molecule has 1 N–H and O–H groups in total. The van der Waals surface area contributed by atoms with Crippen molar-refractivity contribution < 1.29 is 9.53 Å². The number of nitrogens with one attached hydrogen (secondary N) is 1. The van der Waals surface area contributed by atoms with Gasteiger partial charge in [-0.1, -0.05) is 6.07 Å². The molecule has 1 unspecified atom stereocenters. The van der Waals surface area contributed by atoms with E-state index in [2.05, 4.69) is 23.3 Å². The fourth-order valence-electron chi connectivity index (χ4n) is 3.29. The first-order valence-corrected chi connectivity index (χ1v) is 6.87. The second-order valence-electron chi connectivity index (χ2n) is 5.54. The van der Waals surface area contributed by atoms with Crippen LogP contribution in [0.1, 0.15) is 29.9 Å². The number of hydrogen-bond acceptors (Lipinski definition) is 3. The third-order valence-electron chi connectivity index (χ3n) is 4.20. The number of likely N-dealkylation sites (N-methyl/N-ethyl adjacent to an activating group) is 1. The molecule has 1 aromatic rings. The van der Waals surface area contributed by atoms with Gasteiger partial charge in [-0.2, -0.15) is 0 Å². The molecule has 1 atom stereocenters. The minimum atomic E-state index is 0. The zero-order valence-corrected chi connectivity index (χ0v) is 12.8. The van der Waals surface area contributed by atoms with Crippen molar-refractivity contribution in [2.45, 2.75) is 25.2 Å². The number of likely N-dealkylation sites (tertiary alicyclic amines) is 1. The maximum Gasteiger partial charge on any atom is 0.228 e. The molecular formula is C15H21ClN2O2. The first-order valence-electron chi connectivity index (χ1n) is 6.87. The zero-order chi connectivity index (χ0) is 13.4. The normalized spacial score (nSPS) is 21.9. The number of ether oxygens (including phenoxy) is 1. The van der Waals surface area contributed by atoms with Gasteiger partial charge in [0.15, 0.2) is 0 Å². The van der Waals surface area contributed by atoms with Crippen LogP contribution in [0.15, 0.2) is 12.1 Å². The Kier molecular flexibility index (Phi) is 4.55. The maximum atomic E-state index is 11.7. The van der Waals surface area contributed by atoms with E-state index < -0.39 is 0 Å². The van der Waals surface area contributed by atoms with Crippen LogP contribution >= 0.6 is 12.4 Å². The van der Waals surface area contributed by atoms with Crippen LogP contribution in [0.4, 0.5) is 5.69 Å². The Hall–Kier alpha value is -1.26. The summed E-state index contributed by atoms with van der Waals surface area (Å²) < 4.78 is 5.34. The highest BCUT2D eigenvalue weighted by Gasteiger charge is 2.29. The van der Waals surface area contributed by atoms with Gasteiger partial charge in [0.1, 0.15) is 5.75 Å². The summed E-state index contributed by atoms with van der Waals surface area (Å²) in [5.41, 5.74) is 3.35. The number of anilines is 1. The van der Waals surface area contributed by atoms with Gasteiger partial charge in [-0.05, 0) is 49.5 Å². The van der Waals surface area contributed by atoms with Crippen LogP contribution in [0, 0.1) is 0 Å². The molecular weight excluding hydrogens is 276 g/mol. The number of rotatable bonds is 2. The van der Waals surface area contributed by atoms with Crippen molar-refractivity contribution in [1.29, 1.82) is 0 Å². The number of carbonyl (C=O) groups excluding carboxylic acids is 1. The molecule has 0 aliphatic carbocycles. The Morgan fingerprint density at radius 2 is 2.20 bits per heavy atom. The average Bonchev–Trinajstić information content (AvgIpc) is 2.78. The van der Waals surface area contributed by atoms with E-state index in [9.17, 15) is 4.79 Å². The Balaban J connectivity index is 0.00000147. The molecule has 0 spiro atoms. The molecule has 5 heteroatoms. The molecule has 0 radical (unpaired) electrons. The van der Waals surface area contributed by atoms with Gasteiger partial charge in [-0.25, -0.2) is 0 Å². The van der Waals surface area contributed by atoms with Gasteiger partial charge in [0.25, 0.3) is 0 Å². The molecule has 0 aromatic heterocycles. The highest BCUT2D eigenvalue weighted by Crippen LogP contribution is 2.40. The summed E-state index contributed by atoms with van der Waals surface area (Å²) in [5, 5.41) is 2.93. The van der Waals surface area contributed by atoms with Gasteiger partial charge < -0.3 is 15.0 Å². The lowest BCUT2D eigenvalue weighted by Crippen LogP contribution is -2.31. The number of methoxy groups -OCH3 is 1. The maximum absolute atomic E-state index is 11.7. The summed E-state index contributed by atoms with van der Waals surface area (Å²) in [6, 6.07) is 4.12. The topological polar surface area (TPSA) is 41.6 Å². The molecule has 1 aromatic carbocycles. The third-order valence-corrected chi connectivity index (χ3v) is 4.20. The van der Waals surface area contributed by atoms with E-state index in [0.717, 1.165) is 23.5 Å². The van der Waals surface area contributed by atoms with Crippen LogP contribution in [0.2, 0.25) is 0 Å². The standard InChI is InChI=1S/C15H20N2O2.ClH/c1-17-7-3-4-10(9-17)11-5-6-13(19-2)15-12(11)8-14(18)16-15;/h5-6,10H,3-4,7-9H2,1-2H3,(H,16,18);1H. The number of halogens is 1. The molecule has 4 nitrogen and oxygen atoms in total. The third kappa shape index (κ3) is 2.63. The van der Waals surface area contributed by atoms with E-state index in [1.807, 2.05) is 6.07 Å². The van der Waals surface area contributed by atoms with Crippen molar-refractivity contribution >= 4 is 24.0 Å². The summed E-state index contributed by atoms with van der Waals surface area (Å²) in [5.74, 6) is 1.38. The molecule has 110 valence electrons. The number of nitrogens with zero attached hydrogens (tertiary/aromatic N) is 1. The Labute approximate surface area is 125 Å². The summed E-state index contributed by atoms with van der Waals surface area (Å²) in [6.45, 7) is 2.25. The van der Waals surface area contributed by atoms with Crippen LogP contribution < -0.4 is 10.1 Å². The first-order chi connectivity index (χ1) is 9.19. The molecule has 2 aliphatic heterocycles. The van der Waals surface area contributed by atoms with E-state index >= 15 is 0 Å². The summed E-state index contributed by atoms with van der Waals surface area (Å²) in [4.78, 5) is 14.1. The molecule has 0 bridgehead atoms. The number of piperidine rings is 1. The second kappa shape index (κ2) is 6.02. The molecule has 20 heavy (non-hydrogen) atoms. The van der Waals surface area contributed by atoms with Gasteiger partial charge in [-0.15, -0.1) is 12.4 Å². The SMILES string of the molecule is COc1ccc(C2CCCN(C)C2)c2c1NC(=O)C2.Cl. The average molecular weight is 297 g/mol. The van der Waals surface area contributed by atoms with Crippen LogP contribution in [-0.2, 0) is 11.2 Å². The predicted octanol–water partition coefficient (Wildman–Crippen LogP) is 2.42. The fraction of sp³-hybridized carbons (Fsp3) is 0.533. The lowest BCUT2D eigenvalue weighted by molar-refractivity contribution is -0.115. The zero-order valence-electron chi connectivity index (χ0n) is 11.9. The van der Waals surface area contributed by atoms with Crippen LogP contribution in [0.3, 0.4) is 0 Å². The number of benzene rings is 1. The van der Waals surface area contributed by atoms with E-state index in [-0.39, 0.29) is 18.3 Å². The molecule has 0 saturated carbocycles. The van der Waals surface area contributed by atoms with Crippen LogP contribution in [-0.4, -0.2) is 38.1 Å². The monoisotopic (exact) mass is 296 g/mol. The Morgan fingerprint density at radius 3 is 2.90 bits per heavy atom. The lowest BCUT2D eigenvalue weighted by atomic mass is 9.86. The second-order valence-corrected chi connectivity index (χ2v) is 5.54. The van der Waals surface area contributed by atoms with E-state index in [0.29, 0.717) is 12.3 Å². The van der Waals surface area contributed by atoms with Crippen molar-refractivity contribution in [2.24, 2.45) is 0 Å². The number of carbonyl (C=O) groups is 1. The van der Waals surface area contributed by atoms with Crippen molar-refractivity contribution in [3.8, 4) is 5.75 Å². The fourth-order valence-corrected chi connectivity index (χ4v) is 3.29. The molecule has 1 saturated heterocycles. The van der Waals surface area contributed by atoms with E-state index in [1.54, 1.807) is 7.11 Å². The molecule has 2 aliphatic rings. The highest BCUT2D eigenvalue weighted by molar-refractivity contribution is 6.01. The lowest BCUT2D eigenvalue weighted by Gasteiger charge is -2.31. The summed E-state index contributed by atoms with van der Waals surface area (Å²) in [7, 11) is 3.81. The molecule has 1 amide bonds. The summed E-state index contributed by atoms with van der Waals surface area (Å²) >= 11 is 0. The largest absolute Gasteiger partial charge is 0.495 e. The van der Waals surface area contributed by atoms with Crippen molar-refractivity contribution in [2.75, 3.05) is 32.6 Å². The quantitative estimate of drug-likeness (QED) is 0.911. The molecule has 2 heterocycles. The predicted molar refractivity (Wildman–Crippen MR) is 82.0 cm³/mol. The number of hydrogen-bond donors (Lipinski definition) is 1. The van der Waals surface area contributed by atoms with Gasteiger partial charge >= 0.3 is 0 Å². The van der Waals surface area contributed by atoms with Crippen molar-refractivity contribution in [3.63, 3.8) is 0 Å². The minimum absolute atomic E-state index is 0. The van der Waals surface area contributed by atoms with Crippen molar-refractivity contribution in [1.82, 2.24) is 4.90 Å². The molecule has 1 fully saturated rings. The Morgan fingerprint density at radius 1 is 1.40 bits per heavy atom. The highest BCUT2D eigenvalue weighted by atomic mass is 35.5. The van der Waals surface area contributed by atoms with E-state index in [1.165, 1.54) is 24.9 Å².